The van der Waals surface area contributed by atoms with E-state index >= 15 is 0 Å². The molecule has 0 saturated carbocycles. The third-order valence-electron chi connectivity index (χ3n) is 9.33. The number of hydrogen-bond acceptors (Lipinski definition) is 6. The van der Waals surface area contributed by atoms with E-state index in [-0.39, 0.29) is 12.0 Å². The molecule has 6 nitrogen and oxygen atoms in total. The van der Waals surface area contributed by atoms with E-state index in [9.17, 15) is 0 Å². The van der Waals surface area contributed by atoms with Gasteiger partial charge in [-0.1, -0.05) is 97.1 Å². The molecule has 10 rings (SSSR count). The Morgan fingerprint density at radius 2 is 1.35 bits per heavy atom. The highest BCUT2D eigenvalue weighted by molar-refractivity contribution is 6.14. The van der Waals surface area contributed by atoms with E-state index in [0.717, 1.165) is 55.6 Å². The van der Waals surface area contributed by atoms with Gasteiger partial charge in [0, 0.05) is 39.9 Å². The summed E-state index contributed by atoms with van der Waals surface area (Å²) in [7, 11) is 0. The molecule has 1 aliphatic carbocycles. The van der Waals surface area contributed by atoms with Crippen LogP contribution in [0.5, 0.6) is 5.75 Å². The highest BCUT2D eigenvalue weighted by Crippen LogP contribution is 2.46. The zero-order chi connectivity index (χ0) is 31.6. The van der Waals surface area contributed by atoms with Crippen LogP contribution >= 0.6 is 0 Å². The summed E-state index contributed by atoms with van der Waals surface area (Å²) in [5.74, 6) is 2.67. The van der Waals surface area contributed by atoms with Crippen molar-refractivity contribution in [1.29, 1.82) is 0 Å². The van der Waals surface area contributed by atoms with Crippen LogP contribution in [0.1, 0.15) is 11.5 Å². The van der Waals surface area contributed by atoms with Crippen molar-refractivity contribution in [1.82, 2.24) is 19.9 Å². The largest absolute Gasteiger partial charge is 0.485 e. The molecule has 8 aromatic rings. The molecule has 0 fully saturated rings. The number of ether oxygens (including phenoxy) is 1. The van der Waals surface area contributed by atoms with Crippen molar-refractivity contribution in [2.24, 2.45) is 0 Å². The molecular weight excluding hydrogens is 592 g/mol. The number of hydrogen-bond donors (Lipinski definition) is 0. The second-order valence-electron chi connectivity index (χ2n) is 12.1. The zero-order valence-corrected chi connectivity index (χ0v) is 25.6. The van der Waals surface area contributed by atoms with Gasteiger partial charge < -0.3 is 9.15 Å². The van der Waals surface area contributed by atoms with Crippen molar-refractivity contribution < 1.29 is 9.15 Å². The van der Waals surface area contributed by atoms with Gasteiger partial charge in [0.2, 0.25) is 0 Å². The number of pyridine rings is 1. The maximum Gasteiger partial charge on any atom is 0.164 e. The number of fused-ring (bicyclic) bond motifs is 7. The number of aromatic nitrogens is 4. The Kier molecular flexibility index (Phi) is 5.90. The van der Waals surface area contributed by atoms with Gasteiger partial charge in [-0.05, 0) is 58.8 Å². The molecule has 48 heavy (non-hydrogen) atoms. The molecule has 2 atom stereocenters. The van der Waals surface area contributed by atoms with Gasteiger partial charge >= 0.3 is 0 Å². The first-order valence-corrected chi connectivity index (χ1v) is 16.0. The van der Waals surface area contributed by atoms with Gasteiger partial charge in [-0.25, -0.2) is 15.0 Å². The fourth-order valence-electron chi connectivity index (χ4n) is 7.09. The van der Waals surface area contributed by atoms with Crippen molar-refractivity contribution in [3.63, 3.8) is 0 Å². The van der Waals surface area contributed by atoms with Crippen LogP contribution in [0.3, 0.4) is 0 Å². The van der Waals surface area contributed by atoms with Crippen molar-refractivity contribution in [3.8, 4) is 51.0 Å². The van der Waals surface area contributed by atoms with Crippen LogP contribution < -0.4 is 4.74 Å². The summed E-state index contributed by atoms with van der Waals surface area (Å²) in [6, 6.07) is 39.1. The van der Waals surface area contributed by atoms with Crippen molar-refractivity contribution >= 4 is 32.8 Å². The Balaban J connectivity index is 1.23. The van der Waals surface area contributed by atoms with Crippen molar-refractivity contribution in [2.75, 3.05) is 0 Å². The zero-order valence-electron chi connectivity index (χ0n) is 25.6. The van der Waals surface area contributed by atoms with E-state index in [1.54, 1.807) is 6.20 Å². The van der Waals surface area contributed by atoms with Crippen molar-refractivity contribution in [3.05, 3.63) is 151 Å². The molecule has 1 aliphatic heterocycles. The van der Waals surface area contributed by atoms with Crippen LogP contribution in [0.2, 0.25) is 0 Å². The monoisotopic (exact) mass is 618 g/mol. The number of rotatable bonds is 4. The van der Waals surface area contributed by atoms with Crippen LogP contribution in [-0.2, 0) is 0 Å². The van der Waals surface area contributed by atoms with E-state index in [4.69, 9.17) is 29.1 Å². The van der Waals surface area contributed by atoms with Crippen LogP contribution in [0, 0.1) is 0 Å². The number of furan rings is 1. The number of nitrogens with zero attached hydrogens (tertiary/aromatic N) is 4. The maximum absolute atomic E-state index is 6.60. The lowest BCUT2D eigenvalue weighted by Gasteiger charge is -2.16. The van der Waals surface area contributed by atoms with Gasteiger partial charge in [0.15, 0.2) is 23.1 Å². The third-order valence-corrected chi connectivity index (χ3v) is 9.33. The molecule has 0 amide bonds. The molecule has 0 N–H and O–H groups in total. The van der Waals surface area contributed by atoms with Crippen LogP contribution in [0.25, 0.3) is 78.1 Å². The van der Waals surface area contributed by atoms with E-state index in [0.29, 0.717) is 23.1 Å². The molecule has 4 heterocycles. The van der Waals surface area contributed by atoms with Gasteiger partial charge in [0.05, 0.1) is 5.39 Å². The molecular formula is C42H26N4O2. The Labute approximate surface area is 275 Å². The minimum absolute atomic E-state index is 0.0494. The fourth-order valence-corrected chi connectivity index (χ4v) is 7.09. The van der Waals surface area contributed by atoms with E-state index in [1.165, 1.54) is 10.8 Å². The summed E-state index contributed by atoms with van der Waals surface area (Å²) < 4.78 is 12.9. The van der Waals surface area contributed by atoms with Gasteiger partial charge in [-0.3, -0.25) is 4.98 Å². The standard InChI is InChI=1S/C42H26N4O2/c1-2-11-26(12-3-1)40-44-41(31-15-8-17-34-36(31)30-14-6-7-16-33(30)47-34)46-42(45-40)32-22-21-29(28-20-19-25-10-4-5-13-27(25)24-28)39-37(32)38-35(48-39)18-9-23-43-38/h1-24,30,33H. The molecule has 2 unspecified atom stereocenters. The average Bonchev–Trinajstić information content (AvgIpc) is 3.74. The lowest BCUT2D eigenvalue weighted by molar-refractivity contribution is 0.269. The number of allylic oxidation sites excluding steroid dienone is 2. The average molecular weight is 619 g/mol. The molecule has 0 spiro atoms. The van der Waals surface area contributed by atoms with Gasteiger partial charge in [0.1, 0.15) is 23.0 Å². The molecule has 3 aromatic heterocycles. The minimum atomic E-state index is -0.0494. The smallest absolute Gasteiger partial charge is 0.164 e. The summed E-state index contributed by atoms with van der Waals surface area (Å²) in [4.78, 5) is 20.2. The molecule has 6 heteroatoms. The molecule has 5 aromatic carbocycles. The quantitative estimate of drug-likeness (QED) is 0.195. The Morgan fingerprint density at radius 1 is 0.562 bits per heavy atom. The number of benzene rings is 5. The first-order chi connectivity index (χ1) is 23.8. The molecule has 226 valence electrons. The van der Waals surface area contributed by atoms with E-state index in [2.05, 4.69) is 78.9 Å². The van der Waals surface area contributed by atoms with E-state index < -0.39 is 0 Å². The predicted octanol–water partition coefficient (Wildman–Crippen LogP) is 9.96. The highest BCUT2D eigenvalue weighted by Gasteiger charge is 2.35. The first-order valence-electron chi connectivity index (χ1n) is 16.0. The van der Waals surface area contributed by atoms with E-state index in [1.807, 2.05) is 60.7 Å². The van der Waals surface area contributed by atoms with Crippen LogP contribution in [-0.4, -0.2) is 26.0 Å². The summed E-state index contributed by atoms with van der Waals surface area (Å²) in [6.07, 6.45) is 10.2. The maximum atomic E-state index is 6.60. The molecule has 2 aliphatic rings. The molecule has 0 bridgehead atoms. The second-order valence-corrected chi connectivity index (χ2v) is 12.1. The summed E-state index contributed by atoms with van der Waals surface area (Å²) in [5.41, 5.74) is 8.02. The van der Waals surface area contributed by atoms with Crippen LogP contribution in [0.4, 0.5) is 0 Å². The highest BCUT2D eigenvalue weighted by atomic mass is 16.5. The third kappa shape index (κ3) is 4.19. The normalized spacial score (nSPS) is 16.3. The fraction of sp³-hybridized carbons (Fsp3) is 0.0476. The van der Waals surface area contributed by atoms with Crippen LogP contribution in [0.15, 0.2) is 150 Å². The SMILES string of the molecule is C1=CC2Oc3cccc(-c4nc(-c5ccccc5)nc(-c5ccc(-c6ccc7ccccc7c6)c6oc7cccnc7c56)n4)c3C2C=C1. The minimum Gasteiger partial charge on any atom is -0.485 e. The Morgan fingerprint density at radius 3 is 2.27 bits per heavy atom. The summed E-state index contributed by atoms with van der Waals surface area (Å²) >= 11 is 0. The summed E-state index contributed by atoms with van der Waals surface area (Å²) in [5, 5.41) is 3.23. The lowest BCUT2D eigenvalue weighted by atomic mass is 9.88. The predicted molar refractivity (Wildman–Crippen MR) is 190 cm³/mol. The first kappa shape index (κ1) is 26.8. The Bertz CT molecular complexity index is 2620. The van der Waals surface area contributed by atoms with Gasteiger partial charge in [-0.15, -0.1) is 0 Å². The Hall–Kier alpha value is -6.40. The molecule has 0 saturated heterocycles. The van der Waals surface area contributed by atoms with Crippen molar-refractivity contribution in [2.45, 2.75) is 12.0 Å². The summed E-state index contributed by atoms with van der Waals surface area (Å²) in [6.45, 7) is 0. The van der Waals surface area contributed by atoms with Gasteiger partial charge in [0.25, 0.3) is 0 Å². The molecule has 0 radical (unpaired) electrons. The topological polar surface area (TPSA) is 73.9 Å². The van der Waals surface area contributed by atoms with Gasteiger partial charge in [-0.2, -0.15) is 0 Å². The lowest BCUT2D eigenvalue weighted by Crippen LogP contribution is -2.16. The second kappa shape index (κ2) is 10.6.